The van der Waals surface area contributed by atoms with Gasteiger partial charge in [0, 0.05) is 11.9 Å². The van der Waals surface area contributed by atoms with Crippen LogP contribution in [0.4, 0.5) is 10.1 Å². The number of anilines is 1. The third-order valence-corrected chi connectivity index (χ3v) is 5.80. The lowest BCUT2D eigenvalue weighted by Gasteiger charge is -2.09. The molecule has 1 N–H and O–H groups in total. The largest absolute Gasteiger partial charge is 0.489 e. The second kappa shape index (κ2) is 9.94. The standard InChI is InChI=1S/C29H23FN4O3/c1-3-28(35)32-22-5-4-6-24(16-22)34-26-11-12-31-17-27(26)33(29(34)36)23-7-9-25(10-8-23)37-18-20-13-19(2)14-21(30)15-20/h3-17H,1,18H2,2H3,(H,32,35). The first-order valence-electron chi connectivity index (χ1n) is 11.5. The van der Waals surface area contributed by atoms with E-state index in [4.69, 9.17) is 4.74 Å². The number of rotatable bonds is 7. The van der Waals surface area contributed by atoms with Crippen LogP contribution in [0.2, 0.25) is 0 Å². The molecule has 184 valence electrons. The molecule has 3 aromatic carbocycles. The molecule has 0 bridgehead atoms. The Labute approximate surface area is 212 Å². The molecule has 2 aromatic heterocycles. The number of halogens is 1. The second-order valence-electron chi connectivity index (χ2n) is 8.48. The van der Waals surface area contributed by atoms with Crippen LogP contribution in [0.5, 0.6) is 5.75 Å². The van der Waals surface area contributed by atoms with Gasteiger partial charge in [0.1, 0.15) is 18.2 Å². The molecule has 8 heteroatoms. The summed E-state index contributed by atoms with van der Waals surface area (Å²) in [7, 11) is 0. The maximum atomic E-state index is 13.7. The van der Waals surface area contributed by atoms with Crippen LogP contribution in [-0.4, -0.2) is 20.0 Å². The number of nitrogens with one attached hydrogen (secondary N) is 1. The Morgan fingerprint density at radius 3 is 2.57 bits per heavy atom. The molecular formula is C29H23FN4O3. The molecule has 0 aliphatic carbocycles. The molecule has 0 unspecified atom stereocenters. The Kier molecular flexibility index (Phi) is 6.38. The Bertz CT molecular complexity index is 1670. The van der Waals surface area contributed by atoms with Gasteiger partial charge in [-0.25, -0.2) is 9.18 Å². The summed E-state index contributed by atoms with van der Waals surface area (Å²) in [5.74, 6) is -0.0517. The van der Waals surface area contributed by atoms with Crippen molar-refractivity contribution >= 4 is 22.6 Å². The normalized spacial score (nSPS) is 10.9. The number of carbonyl (C=O) groups excluding carboxylic acids is 1. The number of imidazole rings is 1. The van der Waals surface area contributed by atoms with E-state index < -0.39 is 0 Å². The number of fused-ring (bicyclic) bond motifs is 1. The number of ether oxygens (including phenoxy) is 1. The maximum absolute atomic E-state index is 13.7. The second-order valence-corrected chi connectivity index (χ2v) is 8.48. The number of hydrogen-bond acceptors (Lipinski definition) is 4. The molecule has 5 aromatic rings. The number of carbonyl (C=O) groups is 1. The summed E-state index contributed by atoms with van der Waals surface area (Å²) in [6.45, 7) is 5.52. The fraction of sp³-hybridized carbons (Fsp3) is 0.0690. The highest BCUT2D eigenvalue weighted by molar-refractivity contribution is 5.99. The number of benzene rings is 3. The van der Waals surface area contributed by atoms with Crippen molar-refractivity contribution in [1.29, 1.82) is 0 Å². The summed E-state index contributed by atoms with van der Waals surface area (Å²) in [5.41, 5.74) is 4.31. The zero-order valence-electron chi connectivity index (χ0n) is 20.0. The van der Waals surface area contributed by atoms with Crippen LogP contribution in [0.25, 0.3) is 22.4 Å². The molecule has 1 amide bonds. The molecule has 0 fully saturated rings. The van der Waals surface area contributed by atoms with Crippen molar-refractivity contribution in [3.63, 3.8) is 0 Å². The summed E-state index contributed by atoms with van der Waals surface area (Å²) in [6, 6.07) is 20.6. The maximum Gasteiger partial charge on any atom is 0.338 e. The van der Waals surface area contributed by atoms with Gasteiger partial charge in [0.2, 0.25) is 5.91 Å². The predicted octanol–water partition coefficient (Wildman–Crippen LogP) is 5.33. The van der Waals surface area contributed by atoms with Crippen molar-refractivity contribution in [3.8, 4) is 17.1 Å². The number of hydrogen-bond donors (Lipinski definition) is 1. The van der Waals surface area contributed by atoms with E-state index in [1.807, 2.05) is 13.0 Å². The molecule has 2 heterocycles. The lowest BCUT2D eigenvalue weighted by molar-refractivity contribution is -0.111. The topological polar surface area (TPSA) is 78.2 Å². The van der Waals surface area contributed by atoms with Crippen molar-refractivity contribution in [1.82, 2.24) is 14.1 Å². The van der Waals surface area contributed by atoms with Gasteiger partial charge in [-0.2, -0.15) is 0 Å². The van der Waals surface area contributed by atoms with Crippen molar-refractivity contribution < 1.29 is 13.9 Å². The number of amides is 1. The SMILES string of the molecule is C=CC(=O)Nc1cccc(-n2c(=O)n(-c3ccc(OCc4cc(C)cc(F)c4)cc3)c3cnccc32)c1. The first-order chi connectivity index (χ1) is 17.9. The van der Waals surface area contributed by atoms with Gasteiger partial charge in [0.05, 0.1) is 28.6 Å². The fourth-order valence-electron chi connectivity index (χ4n) is 4.21. The van der Waals surface area contributed by atoms with Gasteiger partial charge in [-0.3, -0.25) is 18.9 Å². The molecule has 7 nitrogen and oxygen atoms in total. The highest BCUT2D eigenvalue weighted by Crippen LogP contribution is 2.24. The Balaban J connectivity index is 1.48. The highest BCUT2D eigenvalue weighted by atomic mass is 19.1. The van der Waals surface area contributed by atoms with Gasteiger partial charge in [-0.15, -0.1) is 0 Å². The van der Waals surface area contributed by atoms with Gasteiger partial charge in [-0.1, -0.05) is 18.7 Å². The molecule has 0 spiro atoms. The summed E-state index contributed by atoms with van der Waals surface area (Å²) >= 11 is 0. The lowest BCUT2D eigenvalue weighted by Crippen LogP contribution is -2.22. The zero-order chi connectivity index (χ0) is 25.9. The molecule has 37 heavy (non-hydrogen) atoms. The number of aryl methyl sites for hydroxylation is 1. The van der Waals surface area contributed by atoms with Crippen molar-refractivity contribution in [2.75, 3.05) is 5.32 Å². The fourth-order valence-corrected chi connectivity index (χ4v) is 4.21. The van der Waals surface area contributed by atoms with Crippen LogP contribution in [0.3, 0.4) is 0 Å². The zero-order valence-corrected chi connectivity index (χ0v) is 20.0. The van der Waals surface area contributed by atoms with Crippen LogP contribution >= 0.6 is 0 Å². The molecule has 0 aliphatic heterocycles. The molecular weight excluding hydrogens is 471 g/mol. The van der Waals surface area contributed by atoms with Gasteiger partial charge in [0.25, 0.3) is 0 Å². The Hall–Kier alpha value is -4.98. The average molecular weight is 495 g/mol. The minimum absolute atomic E-state index is 0.222. The van der Waals surface area contributed by atoms with E-state index in [2.05, 4.69) is 16.9 Å². The first-order valence-corrected chi connectivity index (χ1v) is 11.5. The van der Waals surface area contributed by atoms with E-state index in [1.54, 1.807) is 76.1 Å². The van der Waals surface area contributed by atoms with E-state index in [1.165, 1.54) is 18.2 Å². The summed E-state index contributed by atoms with van der Waals surface area (Å²) in [4.78, 5) is 29.6. The van der Waals surface area contributed by atoms with Gasteiger partial charge < -0.3 is 10.1 Å². The monoisotopic (exact) mass is 494 g/mol. The van der Waals surface area contributed by atoms with E-state index in [0.717, 1.165) is 11.1 Å². The Morgan fingerprint density at radius 2 is 1.81 bits per heavy atom. The number of pyridine rings is 1. The molecule has 0 aliphatic rings. The number of aromatic nitrogens is 3. The van der Waals surface area contributed by atoms with E-state index >= 15 is 0 Å². The molecule has 5 rings (SSSR count). The summed E-state index contributed by atoms with van der Waals surface area (Å²) in [5, 5.41) is 2.72. The average Bonchev–Trinajstić information content (AvgIpc) is 3.19. The third kappa shape index (κ3) is 4.90. The number of nitrogens with zero attached hydrogens (tertiary/aromatic N) is 3. The van der Waals surface area contributed by atoms with Crippen molar-refractivity contribution in [2.45, 2.75) is 13.5 Å². The highest BCUT2D eigenvalue weighted by Gasteiger charge is 2.16. The minimum atomic E-state index is -0.342. The van der Waals surface area contributed by atoms with Crippen molar-refractivity contribution in [2.24, 2.45) is 0 Å². The lowest BCUT2D eigenvalue weighted by atomic mass is 10.1. The molecule has 0 saturated carbocycles. The Morgan fingerprint density at radius 1 is 1.03 bits per heavy atom. The van der Waals surface area contributed by atoms with E-state index in [9.17, 15) is 14.0 Å². The van der Waals surface area contributed by atoms with Crippen molar-refractivity contribution in [3.05, 3.63) is 125 Å². The van der Waals surface area contributed by atoms with Crippen LogP contribution in [0.15, 0.2) is 103 Å². The quantitative estimate of drug-likeness (QED) is 0.310. The smallest absolute Gasteiger partial charge is 0.338 e. The first kappa shape index (κ1) is 23.7. The summed E-state index contributed by atoms with van der Waals surface area (Å²) in [6.07, 6.45) is 4.44. The van der Waals surface area contributed by atoms with Gasteiger partial charge in [0.15, 0.2) is 0 Å². The van der Waals surface area contributed by atoms with E-state index in [-0.39, 0.29) is 24.0 Å². The predicted molar refractivity (Wildman–Crippen MR) is 141 cm³/mol. The van der Waals surface area contributed by atoms with Crippen LogP contribution < -0.4 is 15.7 Å². The minimum Gasteiger partial charge on any atom is -0.489 e. The van der Waals surface area contributed by atoms with Gasteiger partial charge >= 0.3 is 5.69 Å². The summed E-state index contributed by atoms with van der Waals surface area (Å²) < 4.78 is 22.6. The molecule has 0 saturated heterocycles. The van der Waals surface area contributed by atoms with Gasteiger partial charge in [-0.05, 0) is 84.8 Å². The van der Waals surface area contributed by atoms with Crippen LogP contribution in [0, 0.1) is 12.7 Å². The van der Waals surface area contributed by atoms with E-state index in [0.29, 0.717) is 33.8 Å². The van der Waals surface area contributed by atoms with Crippen LogP contribution in [-0.2, 0) is 11.4 Å². The third-order valence-electron chi connectivity index (χ3n) is 5.80. The van der Waals surface area contributed by atoms with Crippen LogP contribution in [0.1, 0.15) is 11.1 Å². The molecule has 0 radical (unpaired) electrons. The molecule has 0 atom stereocenters.